The first-order valence-corrected chi connectivity index (χ1v) is 9.23. The predicted octanol–water partition coefficient (Wildman–Crippen LogP) is 3.19. The van der Waals surface area contributed by atoms with Crippen molar-refractivity contribution in [1.29, 1.82) is 0 Å². The third-order valence-electron chi connectivity index (χ3n) is 4.70. The van der Waals surface area contributed by atoms with Crippen LogP contribution in [0.5, 0.6) is 11.6 Å². The molecule has 0 aliphatic heterocycles. The maximum atomic E-state index is 11.7. The number of esters is 1. The Bertz CT molecular complexity index is 1200. The minimum atomic E-state index is -0.375. The summed E-state index contributed by atoms with van der Waals surface area (Å²) < 4.78 is 17.1. The van der Waals surface area contributed by atoms with E-state index < -0.39 is 0 Å². The minimum absolute atomic E-state index is 0.375. The van der Waals surface area contributed by atoms with Crippen molar-refractivity contribution in [2.45, 2.75) is 6.42 Å². The van der Waals surface area contributed by atoms with Gasteiger partial charge in [0.1, 0.15) is 0 Å². The number of pyridine rings is 1. The van der Waals surface area contributed by atoms with Gasteiger partial charge in [-0.2, -0.15) is 5.10 Å². The summed E-state index contributed by atoms with van der Waals surface area (Å²) in [5, 5.41) is 4.64. The first-order valence-electron chi connectivity index (χ1n) is 9.23. The zero-order chi connectivity index (χ0) is 21.1. The van der Waals surface area contributed by atoms with Crippen LogP contribution in [0.15, 0.2) is 54.9 Å². The van der Waals surface area contributed by atoms with Gasteiger partial charge in [0.25, 0.3) is 5.88 Å². The molecule has 0 saturated heterocycles. The van der Waals surface area contributed by atoms with Gasteiger partial charge >= 0.3 is 5.97 Å². The monoisotopic (exact) mass is 404 g/mol. The molecule has 0 aliphatic rings. The Morgan fingerprint density at radius 1 is 1.03 bits per heavy atom. The van der Waals surface area contributed by atoms with Gasteiger partial charge in [0, 0.05) is 35.6 Å². The molecule has 30 heavy (non-hydrogen) atoms. The fourth-order valence-corrected chi connectivity index (χ4v) is 3.21. The number of benzene rings is 1. The van der Waals surface area contributed by atoms with Crippen molar-refractivity contribution in [3.8, 4) is 22.9 Å². The van der Waals surface area contributed by atoms with Gasteiger partial charge in [-0.1, -0.05) is 12.1 Å². The molecule has 1 aromatic carbocycles. The minimum Gasteiger partial charge on any atom is -0.491 e. The molecule has 0 amide bonds. The maximum Gasteiger partial charge on any atom is 0.337 e. The number of nitrogens with zero attached hydrogens (tertiary/aromatic N) is 4. The first kappa shape index (κ1) is 19.4. The summed E-state index contributed by atoms with van der Waals surface area (Å²) in [6.07, 6.45) is 4.04. The molecule has 0 saturated carbocycles. The van der Waals surface area contributed by atoms with E-state index in [0.29, 0.717) is 23.6 Å². The van der Waals surface area contributed by atoms with Crippen LogP contribution in [0.2, 0.25) is 0 Å². The van der Waals surface area contributed by atoms with Crippen molar-refractivity contribution in [3.05, 3.63) is 71.7 Å². The largest absolute Gasteiger partial charge is 0.491 e. The SMILES string of the molecule is COC(=O)c1ccc(-c2cc(Cc3ccc(OC)c(OC)n3)c3nccn3n2)cc1. The number of ether oxygens (including phenoxy) is 3. The molecule has 152 valence electrons. The van der Waals surface area contributed by atoms with Crippen molar-refractivity contribution in [2.24, 2.45) is 0 Å². The van der Waals surface area contributed by atoms with Crippen molar-refractivity contribution in [1.82, 2.24) is 19.6 Å². The van der Waals surface area contributed by atoms with Crippen molar-refractivity contribution < 1.29 is 19.0 Å². The molecule has 4 aromatic rings. The quantitative estimate of drug-likeness (QED) is 0.456. The highest BCUT2D eigenvalue weighted by Gasteiger charge is 2.13. The summed E-state index contributed by atoms with van der Waals surface area (Å²) in [6.45, 7) is 0. The van der Waals surface area contributed by atoms with Crippen LogP contribution in [0.3, 0.4) is 0 Å². The van der Waals surface area contributed by atoms with Crippen LogP contribution in [0, 0.1) is 0 Å². The standard InChI is InChI=1S/C22H20N4O4/c1-28-19-9-8-17(24-21(19)29-2)12-16-13-18(25-26-11-10-23-20(16)26)14-4-6-15(7-5-14)22(27)30-3/h4-11,13H,12H2,1-3H3. The van der Waals surface area contributed by atoms with Gasteiger partial charge in [0.15, 0.2) is 11.4 Å². The van der Waals surface area contributed by atoms with Gasteiger partial charge in [0.2, 0.25) is 0 Å². The number of carbonyl (C=O) groups is 1. The van der Waals surface area contributed by atoms with Crippen LogP contribution in [-0.2, 0) is 11.2 Å². The maximum absolute atomic E-state index is 11.7. The van der Waals surface area contributed by atoms with Crippen LogP contribution < -0.4 is 9.47 Å². The van der Waals surface area contributed by atoms with E-state index in [1.807, 2.05) is 30.3 Å². The summed E-state index contributed by atoms with van der Waals surface area (Å²) in [6, 6.07) is 12.8. The third kappa shape index (κ3) is 3.67. The fourth-order valence-electron chi connectivity index (χ4n) is 3.21. The average Bonchev–Trinajstić information content (AvgIpc) is 3.27. The molecule has 3 heterocycles. The molecule has 3 aromatic heterocycles. The van der Waals surface area contributed by atoms with Gasteiger partial charge in [-0.3, -0.25) is 0 Å². The van der Waals surface area contributed by atoms with Crippen LogP contribution >= 0.6 is 0 Å². The number of hydrogen-bond donors (Lipinski definition) is 0. The fraction of sp³-hybridized carbons (Fsp3) is 0.182. The average molecular weight is 404 g/mol. The molecule has 8 nitrogen and oxygen atoms in total. The Morgan fingerprint density at radius 3 is 2.53 bits per heavy atom. The number of fused-ring (bicyclic) bond motifs is 1. The van der Waals surface area contributed by atoms with E-state index in [4.69, 9.17) is 14.2 Å². The second kappa shape index (κ2) is 8.20. The number of carbonyl (C=O) groups excluding carboxylic acids is 1. The number of hydrogen-bond acceptors (Lipinski definition) is 7. The molecule has 0 atom stereocenters. The first-order chi connectivity index (χ1) is 14.6. The van der Waals surface area contributed by atoms with Crippen LogP contribution in [0.1, 0.15) is 21.6 Å². The Kier molecular flexibility index (Phi) is 5.30. The van der Waals surface area contributed by atoms with Gasteiger partial charge in [-0.25, -0.2) is 19.3 Å². The molecule has 0 spiro atoms. The van der Waals surface area contributed by atoms with Gasteiger partial charge in [0.05, 0.1) is 32.6 Å². The molecule has 8 heteroatoms. The Morgan fingerprint density at radius 2 is 1.83 bits per heavy atom. The summed E-state index contributed by atoms with van der Waals surface area (Å²) in [4.78, 5) is 20.6. The number of imidazole rings is 1. The van der Waals surface area contributed by atoms with E-state index in [9.17, 15) is 4.79 Å². The van der Waals surface area contributed by atoms with E-state index in [-0.39, 0.29) is 5.97 Å². The summed E-state index contributed by atoms with van der Waals surface area (Å²) in [5.41, 5.74) is 4.64. The number of aromatic nitrogens is 4. The van der Waals surface area contributed by atoms with Crippen LogP contribution in [0.25, 0.3) is 16.9 Å². The van der Waals surface area contributed by atoms with E-state index >= 15 is 0 Å². The second-order valence-electron chi connectivity index (χ2n) is 6.51. The molecule has 0 unspecified atom stereocenters. The lowest BCUT2D eigenvalue weighted by atomic mass is 10.1. The topological polar surface area (TPSA) is 87.8 Å². The second-order valence-corrected chi connectivity index (χ2v) is 6.51. The highest BCUT2D eigenvalue weighted by Crippen LogP contribution is 2.27. The Labute approximate surface area is 173 Å². The van der Waals surface area contributed by atoms with E-state index in [1.54, 1.807) is 43.3 Å². The molecule has 0 fully saturated rings. The van der Waals surface area contributed by atoms with E-state index in [1.165, 1.54) is 7.11 Å². The lowest BCUT2D eigenvalue weighted by Crippen LogP contribution is -2.03. The van der Waals surface area contributed by atoms with E-state index in [0.717, 1.165) is 28.2 Å². The highest BCUT2D eigenvalue weighted by molar-refractivity contribution is 5.89. The molecule has 0 radical (unpaired) electrons. The zero-order valence-corrected chi connectivity index (χ0v) is 16.8. The lowest BCUT2D eigenvalue weighted by molar-refractivity contribution is 0.0600. The number of methoxy groups -OCH3 is 3. The van der Waals surface area contributed by atoms with Crippen molar-refractivity contribution in [3.63, 3.8) is 0 Å². The van der Waals surface area contributed by atoms with Crippen LogP contribution in [-0.4, -0.2) is 46.9 Å². The summed E-state index contributed by atoms with van der Waals surface area (Å²) in [7, 11) is 4.50. The van der Waals surface area contributed by atoms with Gasteiger partial charge in [-0.05, 0) is 30.3 Å². The number of rotatable bonds is 6. The molecular weight excluding hydrogens is 384 g/mol. The van der Waals surface area contributed by atoms with Gasteiger partial charge < -0.3 is 14.2 Å². The van der Waals surface area contributed by atoms with Gasteiger partial charge in [-0.15, -0.1) is 0 Å². The summed E-state index contributed by atoms with van der Waals surface area (Å²) >= 11 is 0. The molecule has 0 aliphatic carbocycles. The third-order valence-corrected chi connectivity index (χ3v) is 4.70. The molecule has 4 rings (SSSR count). The van der Waals surface area contributed by atoms with E-state index in [2.05, 4.69) is 15.1 Å². The highest BCUT2D eigenvalue weighted by atomic mass is 16.5. The normalized spacial score (nSPS) is 10.8. The van der Waals surface area contributed by atoms with Crippen molar-refractivity contribution in [2.75, 3.05) is 21.3 Å². The van der Waals surface area contributed by atoms with Crippen LogP contribution in [0.4, 0.5) is 0 Å². The molecular formula is C22H20N4O4. The van der Waals surface area contributed by atoms with Crippen molar-refractivity contribution >= 4 is 11.6 Å². The zero-order valence-electron chi connectivity index (χ0n) is 16.8. The Hall–Kier alpha value is -3.94. The Balaban J connectivity index is 1.72. The molecule has 0 N–H and O–H groups in total. The lowest BCUT2D eigenvalue weighted by Gasteiger charge is -2.10. The predicted molar refractivity (Wildman–Crippen MR) is 110 cm³/mol. The summed E-state index contributed by atoms with van der Waals surface area (Å²) in [5.74, 6) is 0.634. The smallest absolute Gasteiger partial charge is 0.337 e. The molecule has 0 bridgehead atoms.